The van der Waals surface area contributed by atoms with E-state index >= 15 is 0 Å². The molecule has 3 heteroatoms. The van der Waals surface area contributed by atoms with Gasteiger partial charge in [0.1, 0.15) is 0 Å². The smallest absolute Gasteiger partial charge is 0.0451 e. The van der Waals surface area contributed by atoms with Gasteiger partial charge in [-0.1, -0.05) is 6.07 Å². The standard InChI is InChI=1S/C11H18N2O/c1-8-7-9(12)3-4-10(8)11(2,13)5-6-14/h3-4,7,14H,5-6,12-13H2,1-2H3/t11-/m0/s1. The molecule has 3 nitrogen and oxygen atoms in total. The molecule has 0 saturated carbocycles. The lowest BCUT2D eigenvalue weighted by Crippen LogP contribution is -2.34. The minimum absolute atomic E-state index is 0.0941. The van der Waals surface area contributed by atoms with E-state index < -0.39 is 5.54 Å². The molecular formula is C11H18N2O. The van der Waals surface area contributed by atoms with E-state index in [1.54, 1.807) is 0 Å². The zero-order chi connectivity index (χ0) is 10.8. The van der Waals surface area contributed by atoms with Crippen LogP contribution in [-0.2, 0) is 5.54 Å². The van der Waals surface area contributed by atoms with Gasteiger partial charge in [0.05, 0.1) is 0 Å². The van der Waals surface area contributed by atoms with Crippen LogP contribution in [0.5, 0.6) is 0 Å². The van der Waals surface area contributed by atoms with Crippen LogP contribution < -0.4 is 11.5 Å². The van der Waals surface area contributed by atoms with Gasteiger partial charge in [0.15, 0.2) is 0 Å². The summed E-state index contributed by atoms with van der Waals surface area (Å²) in [6.07, 6.45) is 0.553. The van der Waals surface area contributed by atoms with E-state index in [4.69, 9.17) is 16.6 Å². The molecule has 0 aliphatic carbocycles. The lowest BCUT2D eigenvalue weighted by Gasteiger charge is -2.26. The minimum atomic E-state index is -0.480. The van der Waals surface area contributed by atoms with Gasteiger partial charge in [0, 0.05) is 17.8 Å². The van der Waals surface area contributed by atoms with E-state index in [0.717, 1.165) is 16.8 Å². The van der Waals surface area contributed by atoms with Gasteiger partial charge in [0.2, 0.25) is 0 Å². The molecule has 0 unspecified atom stereocenters. The molecule has 1 atom stereocenters. The topological polar surface area (TPSA) is 72.3 Å². The molecule has 1 aromatic carbocycles. The summed E-state index contributed by atoms with van der Waals surface area (Å²) in [5.74, 6) is 0. The molecule has 0 radical (unpaired) electrons. The third-order valence-corrected chi connectivity index (χ3v) is 2.50. The number of aliphatic hydroxyl groups is 1. The van der Waals surface area contributed by atoms with E-state index in [1.807, 2.05) is 32.0 Å². The highest BCUT2D eigenvalue weighted by Gasteiger charge is 2.22. The number of aliphatic hydroxyl groups excluding tert-OH is 1. The highest BCUT2D eigenvalue weighted by molar-refractivity contribution is 5.46. The Labute approximate surface area is 84.7 Å². The zero-order valence-corrected chi connectivity index (χ0v) is 8.75. The number of anilines is 1. The first-order valence-electron chi connectivity index (χ1n) is 4.74. The van der Waals surface area contributed by atoms with Crippen molar-refractivity contribution in [3.63, 3.8) is 0 Å². The van der Waals surface area contributed by atoms with Gasteiger partial charge >= 0.3 is 0 Å². The van der Waals surface area contributed by atoms with E-state index in [1.165, 1.54) is 0 Å². The van der Waals surface area contributed by atoms with Crippen molar-refractivity contribution in [3.05, 3.63) is 29.3 Å². The molecule has 0 amide bonds. The molecular weight excluding hydrogens is 176 g/mol. The van der Waals surface area contributed by atoms with Crippen LogP contribution in [0.2, 0.25) is 0 Å². The van der Waals surface area contributed by atoms with E-state index in [9.17, 15) is 0 Å². The summed E-state index contributed by atoms with van der Waals surface area (Å²) in [5.41, 5.74) is 14.1. The maximum absolute atomic E-state index is 8.90. The Morgan fingerprint density at radius 1 is 1.43 bits per heavy atom. The molecule has 78 valence electrons. The predicted octanol–water partition coefficient (Wildman–Crippen LogP) is 1.13. The Morgan fingerprint density at radius 2 is 2.07 bits per heavy atom. The number of benzene rings is 1. The summed E-state index contributed by atoms with van der Waals surface area (Å²) < 4.78 is 0. The molecule has 1 aromatic rings. The summed E-state index contributed by atoms with van der Waals surface area (Å²) in [6.45, 7) is 3.99. The number of nitrogens with two attached hydrogens (primary N) is 2. The van der Waals surface area contributed by atoms with Gasteiger partial charge in [-0.25, -0.2) is 0 Å². The molecule has 14 heavy (non-hydrogen) atoms. The highest BCUT2D eigenvalue weighted by Crippen LogP contribution is 2.25. The number of aryl methyl sites for hydroxylation is 1. The average molecular weight is 194 g/mol. The second-order valence-corrected chi connectivity index (χ2v) is 3.97. The normalized spacial score (nSPS) is 15.1. The van der Waals surface area contributed by atoms with Crippen LogP contribution in [0.4, 0.5) is 5.69 Å². The number of hydrogen-bond donors (Lipinski definition) is 3. The van der Waals surface area contributed by atoms with Crippen LogP contribution in [0.15, 0.2) is 18.2 Å². The second-order valence-electron chi connectivity index (χ2n) is 3.97. The number of hydrogen-bond acceptors (Lipinski definition) is 3. The third-order valence-electron chi connectivity index (χ3n) is 2.50. The van der Waals surface area contributed by atoms with Gasteiger partial charge in [-0.2, -0.15) is 0 Å². The van der Waals surface area contributed by atoms with Crippen molar-refractivity contribution >= 4 is 5.69 Å². The molecule has 0 saturated heterocycles. The van der Waals surface area contributed by atoms with Gasteiger partial charge in [-0.3, -0.25) is 0 Å². The molecule has 0 aliphatic heterocycles. The lowest BCUT2D eigenvalue weighted by atomic mass is 9.87. The second kappa shape index (κ2) is 3.98. The van der Waals surface area contributed by atoms with Crippen LogP contribution in [0.3, 0.4) is 0 Å². The van der Waals surface area contributed by atoms with Crippen LogP contribution in [0, 0.1) is 6.92 Å². The van der Waals surface area contributed by atoms with Gasteiger partial charge in [0.25, 0.3) is 0 Å². The first-order valence-corrected chi connectivity index (χ1v) is 4.74. The SMILES string of the molecule is Cc1cc(N)ccc1[C@@](C)(N)CCO. The summed E-state index contributed by atoms with van der Waals surface area (Å²) in [5, 5.41) is 8.90. The summed E-state index contributed by atoms with van der Waals surface area (Å²) >= 11 is 0. The quantitative estimate of drug-likeness (QED) is 0.632. The van der Waals surface area contributed by atoms with Crippen LogP contribution in [-0.4, -0.2) is 11.7 Å². The Bertz CT molecular complexity index is 321. The fraction of sp³-hybridized carbons (Fsp3) is 0.455. The van der Waals surface area contributed by atoms with Crippen molar-refractivity contribution < 1.29 is 5.11 Å². The first kappa shape index (κ1) is 11.0. The van der Waals surface area contributed by atoms with Gasteiger partial charge in [-0.05, 0) is 43.5 Å². The van der Waals surface area contributed by atoms with Crippen molar-refractivity contribution in [2.45, 2.75) is 25.8 Å². The number of nitrogen functional groups attached to an aromatic ring is 1. The molecule has 0 heterocycles. The van der Waals surface area contributed by atoms with Crippen molar-refractivity contribution in [2.24, 2.45) is 5.73 Å². The Hall–Kier alpha value is -1.06. The lowest BCUT2D eigenvalue weighted by molar-refractivity contribution is 0.247. The van der Waals surface area contributed by atoms with Gasteiger partial charge in [-0.15, -0.1) is 0 Å². The molecule has 0 bridgehead atoms. The zero-order valence-electron chi connectivity index (χ0n) is 8.75. The van der Waals surface area contributed by atoms with E-state index in [2.05, 4.69) is 0 Å². The van der Waals surface area contributed by atoms with Crippen LogP contribution in [0.1, 0.15) is 24.5 Å². The van der Waals surface area contributed by atoms with Crippen molar-refractivity contribution in [1.29, 1.82) is 0 Å². The van der Waals surface area contributed by atoms with Crippen molar-refractivity contribution in [3.8, 4) is 0 Å². The van der Waals surface area contributed by atoms with Crippen molar-refractivity contribution in [1.82, 2.24) is 0 Å². The number of rotatable bonds is 3. The van der Waals surface area contributed by atoms with Crippen LogP contribution >= 0.6 is 0 Å². The first-order chi connectivity index (χ1) is 6.47. The third kappa shape index (κ3) is 2.25. The summed E-state index contributed by atoms with van der Waals surface area (Å²) in [7, 11) is 0. The molecule has 0 aliphatic rings. The molecule has 0 spiro atoms. The minimum Gasteiger partial charge on any atom is -0.399 e. The fourth-order valence-corrected chi connectivity index (χ4v) is 1.69. The molecule has 5 N–H and O–H groups in total. The van der Waals surface area contributed by atoms with Gasteiger partial charge < -0.3 is 16.6 Å². The Balaban J connectivity index is 3.06. The summed E-state index contributed by atoms with van der Waals surface area (Å²) in [4.78, 5) is 0. The van der Waals surface area contributed by atoms with Crippen molar-refractivity contribution in [2.75, 3.05) is 12.3 Å². The highest BCUT2D eigenvalue weighted by atomic mass is 16.3. The Kier molecular flexibility index (Phi) is 3.13. The maximum Gasteiger partial charge on any atom is 0.0451 e. The molecule has 0 aromatic heterocycles. The fourth-order valence-electron chi connectivity index (χ4n) is 1.69. The maximum atomic E-state index is 8.90. The molecule has 0 fully saturated rings. The summed E-state index contributed by atoms with van der Waals surface area (Å²) in [6, 6.07) is 5.67. The van der Waals surface area contributed by atoms with E-state index in [0.29, 0.717) is 6.42 Å². The largest absolute Gasteiger partial charge is 0.399 e. The van der Waals surface area contributed by atoms with E-state index in [-0.39, 0.29) is 6.61 Å². The predicted molar refractivity (Wildman–Crippen MR) is 58.8 cm³/mol. The monoisotopic (exact) mass is 194 g/mol. The Morgan fingerprint density at radius 3 is 2.57 bits per heavy atom. The molecule has 1 rings (SSSR count). The van der Waals surface area contributed by atoms with Crippen LogP contribution in [0.25, 0.3) is 0 Å². The average Bonchev–Trinajstić information content (AvgIpc) is 2.02.